The van der Waals surface area contributed by atoms with E-state index in [1.54, 1.807) is 106 Å². The molecular formula is C73H71BBrCl6LiN9O15. The van der Waals surface area contributed by atoms with E-state index in [0.717, 1.165) is 38.9 Å². The third-order valence-electron chi connectivity index (χ3n) is 16.3. The van der Waals surface area contributed by atoms with Gasteiger partial charge in [-0.15, -0.1) is 0 Å². The van der Waals surface area contributed by atoms with Crippen molar-refractivity contribution in [3.05, 3.63) is 278 Å². The summed E-state index contributed by atoms with van der Waals surface area (Å²) in [5, 5.41) is 21.0. The Morgan fingerprint density at radius 1 is 0.453 bits per heavy atom. The number of hydrogen-bond donors (Lipinski definition) is 2. The van der Waals surface area contributed by atoms with Crippen LogP contribution < -0.4 is 57.3 Å². The normalized spacial score (nSPS) is 10.7. The zero-order valence-corrected chi connectivity index (χ0v) is 64.3. The summed E-state index contributed by atoms with van der Waals surface area (Å²) in [5.41, 5.74) is 6.44. The zero-order chi connectivity index (χ0) is 74.3. The summed E-state index contributed by atoms with van der Waals surface area (Å²) in [6, 6.07) is 43.5. The number of rotatable bonds is 21. The van der Waals surface area contributed by atoms with Gasteiger partial charge in [-0.1, -0.05) is 136 Å². The van der Waals surface area contributed by atoms with Gasteiger partial charge in [0, 0.05) is 141 Å². The number of ether oxygens (including phenoxy) is 2. The summed E-state index contributed by atoms with van der Waals surface area (Å²) >= 11 is 39.5. The number of aliphatic hydroxyl groups excluding tert-OH is 1. The molecule has 106 heavy (non-hydrogen) atoms. The number of aromatic nitrogens is 9. The number of halogens is 7. The van der Waals surface area contributed by atoms with Crippen molar-refractivity contribution in [2.24, 2.45) is 21.1 Å². The molecule has 12 aromatic rings. The van der Waals surface area contributed by atoms with Crippen LogP contribution in [0.2, 0.25) is 30.1 Å². The first-order valence-corrected chi connectivity index (χ1v) is 35.0. The summed E-state index contributed by atoms with van der Waals surface area (Å²) in [6.45, 7) is 4.56. The number of nitrogens with zero attached hydrogens (tertiary/aromatic N) is 9. The molecule has 0 saturated carbocycles. The smallest absolute Gasteiger partial charge is 0.870 e. The maximum absolute atomic E-state index is 13.6. The monoisotopic (exact) mass is 1620 g/mol. The Labute approximate surface area is 657 Å². The van der Waals surface area contributed by atoms with E-state index in [1.165, 1.54) is 41.3 Å². The Bertz CT molecular complexity index is 5470. The predicted octanol–water partition coefficient (Wildman–Crippen LogP) is 8.55. The van der Waals surface area contributed by atoms with Crippen LogP contribution in [0.25, 0.3) is 55.4 Å². The average molecular weight is 1620 g/mol. The van der Waals surface area contributed by atoms with Gasteiger partial charge < -0.3 is 48.9 Å². The van der Waals surface area contributed by atoms with Crippen molar-refractivity contribution in [2.45, 2.75) is 72.4 Å². The molecule has 0 spiro atoms. The van der Waals surface area contributed by atoms with Crippen LogP contribution >= 0.6 is 85.5 Å². The minimum atomic E-state index is -0.437. The maximum atomic E-state index is 13.6. The second-order valence-electron chi connectivity index (χ2n) is 23.5. The van der Waals surface area contributed by atoms with E-state index in [-0.39, 0.29) is 80.4 Å². The molecule has 0 amide bonds. The van der Waals surface area contributed by atoms with Gasteiger partial charge in [-0.3, -0.25) is 51.4 Å². The van der Waals surface area contributed by atoms with Crippen LogP contribution in [0.4, 0.5) is 0 Å². The third kappa shape index (κ3) is 21.2. The molecule has 551 valence electrons. The van der Waals surface area contributed by atoms with Crippen molar-refractivity contribution < 1.29 is 63.7 Å². The summed E-state index contributed by atoms with van der Waals surface area (Å²) in [7, 11) is 5.54. The van der Waals surface area contributed by atoms with Crippen LogP contribution in [0.3, 0.4) is 0 Å². The molecule has 0 bridgehead atoms. The molecule has 0 atom stereocenters. The third-order valence-corrected chi connectivity index (χ3v) is 18.3. The first-order chi connectivity index (χ1) is 49.3. The van der Waals surface area contributed by atoms with Gasteiger partial charge in [0.1, 0.15) is 22.3 Å². The molecular weight excluding hydrogens is 1550 g/mol. The minimum Gasteiger partial charge on any atom is -0.870 e. The standard InChI is InChI=1S/C25H23Cl2N3O4.C23H21Cl2N3O3.C19H19BrClN3O4.C6H5BClO2.Li.2H2O/c1-16(31)34-12-4-11-30-24(32)23-22(28(2)25(30)33)21(18-5-3-6-20(27)13-18)15-29(23)14-17-7-9-19(26)10-8-17;1-26-20-19(16-4-2-5-18(25)12-16)14-27(13-15-6-8-17(24)9-7-15)21(20)22(30)28(23(26)31)10-3-11-29;1-12(25)28-9-3-8-24-18(26)17-16(22(2)19(24)27)15(20)11-23(17)10-13-4-6-14(21)7-5-13;8-5-2-1-3-6(4-5)10-7-9;;;/h3,5-10,13,15H,4,11-12,14H2,1-2H3;2,4-9,12,14,29H,3,10-11,13H2,1H3;4-7,11H,3,8-10H2,1-2H3;1-4,9H;;2*1H2/q;;;;+1;;/p-1. The molecule has 0 aliphatic carbocycles. The van der Waals surface area contributed by atoms with Crippen LogP contribution in [0.5, 0.6) is 5.75 Å². The number of carbonyl (C=O) groups excluding carboxylic acids is 2. The summed E-state index contributed by atoms with van der Waals surface area (Å²) in [6.07, 6.45) is 6.58. The molecule has 6 aromatic heterocycles. The molecule has 12 rings (SSSR count). The number of esters is 2. The molecule has 0 fully saturated rings. The van der Waals surface area contributed by atoms with E-state index in [9.17, 15) is 43.5 Å². The molecule has 1 radical (unpaired) electrons. The Balaban J connectivity index is 0.000000231. The number of fused-ring (bicyclic) bond motifs is 3. The fourth-order valence-electron chi connectivity index (χ4n) is 11.5. The molecule has 6 heterocycles. The minimum absolute atomic E-state index is 0. The largest absolute Gasteiger partial charge is 1.00 e. The van der Waals surface area contributed by atoms with Crippen molar-refractivity contribution in [1.29, 1.82) is 0 Å². The molecule has 24 nitrogen and oxygen atoms in total. The van der Waals surface area contributed by atoms with Gasteiger partial charge in [-0.2, -0.15) is 0 Å². The van der Waals surface area contributed by atoms with E-state index in [0.29, 0.717) is 120 Å². The molecule has 0 unspecified atom stereocenters. The van der Waals surface area contributed by atoms with Crippen molar-refractivity contribution in [2.75, 3.05) is 19.8 Å². The summed E-state index contributed by atoms with van der Waals surface area (Å²) < 4.78 is 28.6. The Hall–Kier alpha value is -8.56. The quantitative estimate of drug-likeness (QED) is 0.0387. The number of aliphatic hydroxyl groups is 1. The van der Waals surface area contributed by atoms with Gasteiger partial charge in [0.2, 0.25) is 0 Å². The number of hydrogen-bond acceptors (Lipinski definition) is 14. The Kier molecular flexibility index (Phi) is 32.5. The van der Waals surface area contributed by atoms with E-state index in [4.69, 9.17) is 84.1 Å². The molecule has 0 aliphatic rings. The van der Waals surface area contributed by atoms with Crippen LogP contribution in [-0.4, -0.2) is 102 Å². The van der Waals surface area contributed by atoms with Gasteiger partial charge in [0.25, 0.3) is 16.7 Å². The van der Waals surface area contributed by atoms with Gasteiger partial charge >= 0.3 is 55.6 Å². The molecule has 0 aliphatic heterocycles. The van der Waals surface area contributed by atoms with Gasteiger partial charge in [0.15, 0.2) is 0 Å². The summed E-state index contributed by atoms with van der Waals surface area (Å²) in [5.74, 6) is -0.273. The van der Waals surface area contributed by atoms with E-state index < -0.39 is 34.6 Å². The molecule has 33 heteroatoms. The van der Waals surface area contributed by atoms with Crippen molar-refractivity contribution in [3.8, 4) is 28.0 Å². The average Bonchev–Trinajstić information content (AvgIpc) is 1.58. The van der Waals surface area contributed by atoms with Crippen LogP contribution in [0.15, 0.2) is 197 Å². The van der Waals surface area contributed by atoms with Crippen LogP contribution in [0.1, 0.15) is 49.8 Å². The summed E-state index contributed by atoms with van der Waals surface area (Å²) in [4.78, 5) is 101. The van der Waals surface area contributed by atoms with Gasteiger partial charge in [-0.25, -0.2) is 14.4 Å². The molecule has 6 aromatic carbocycles. The fraction of sp³-hybridized carbons (Fsp3) is 0.233. The molecule has 5 N–H and O–H groups in total. The second kappa shape index (κ2) is 39.9. The van der Waals surface area contributed by atoms with E-state index >= 15 is 0 Å². The Morgan fingerprint density at radius 2 is 0.783 bits per heavy atom. The number of benzene rings is 6. The number of aryl methyl sites for hydroxylation is 3. The predicted molar refractivity (Wildman–Crippen MR) is 414 cm³/mol. The first kappa shape index (κ1) is 86.4. The fourth-order valence-corrected chi connectivity index (χ4v) is 13.2. The first-order valence-electron chi connectivity index (χ1n) is 31.9. The van der Waals surface area contributed by atoms with E-state index in [1.807, 2.05) is 92.8 Å². The van der Waals surface area contributed by atoms with Crippen LogP contribution in [-0.2, 0) is 79.5 Å². The number of carbonyl (C=O) groups is 2. The SMILES string of the molecule is CC(=O)OCCCn1c(=O)c2c(c(-c3cccc(Cl)c3)cn2Cc2ccc(Cl)cc2)n(C)c1=O.CC(=O)OCCCn1c(=O)c2c(c(Br)cn2Cc2ccc(Cl)cc2)n(C)c1=O.Cn1c(=O)n(CCCO)c(=O)c2c1c(-c1cccc(Cl)c1)cn2Cc1ccc(Cl)cc1.O.O[B]Oc1cccc(Cl)c1.[Li+].[OH-]. The zero-order valence-electron chi connectivity index (χ0n) is 58.2. The Morgan fingerprint density at radius 3 is 1.12 bits per heavy atom. The second-order valence-corrected chi connectivity index (χ2v) is 27.0. The van der Waals surface area contributed by atoms with Gasteiger partial charge in [0.05, 0.1) is 34.2 Å². The van der Waals surface area contributed by atoms with Crippen molar-refractivity contribution in [3.63, 3.8) is 0 Å². The molecule has 0 saturated heterocycles. The van der Waals surface area contributed by atoms with E-state index in [2.05, 4.69) is 20.6 Å². The van der Waals surface area contributed by atoms with Crippen molar-refractivity contribution >= 4 is 138 Å². The van der Waals surface area contributed by atoms with Crippen LogP contribution in [0, 0.1) is 0 Å². The maximum Gasteiger partial charge on any atom is 1.00 e. The van der Waals surface area contributed by atoms with Crippen molar-refractivity contribution in [1.82, 2.24) is 41.1 Å². The van der Waals surface area contributed by atoms with Gasteiger partial charge in [-0.05, 0) is 142 Å². The topological polar surface area (TPSA) is 311 Å².